The lowest BCUT2D eigenvalue weighted by atomic mass is 9.82. The molecule has 1 N–H and O–H groups in total. The van der Waals surface area contributed by atoms with Gasteiger partial charge in [-0.3, -0.25) is 4.98 Å². The standard InChI is InChI=1S/C22H21FN6/c1-14-22(27-28-26-14)16-8-9-24-19(10-16)20-12-29(13-25-20)11-17-6-2-4-15-5-3-7-18(23)21(15)17/h3,5,7-10,12-13,17H,2,4,6,11H2,1H3,(H,26,27,28)/t17-/m1/s1. The van der Waals surface area contributed by atoms with Gasteiger partial charge in [0, 0.05) is 30.4 Å². The molecule has 0 radical (unpaired) electrons. The number of benzene rings is 1. The van der Waals surface area contributed by atoms with E-state index in [1.807, 2.05) is 35.9 Å². The number of fused-ring (bicyclic) bond motifs is 1. The van der Waals surface area contributed by atoms with E-state index in [1.165, 1.54) is 0 Å². The number of aromatic nitrogens is 6. The van der Waals surface area contributed by atoms with Gasteiger partial charge in [-0.2, -0.15) is 15.4 Å². The molecule has 1 atom stereocenters. The van der Waals surface area contributed by atoms with Gasteiger partial charge in [0.25, 0.3) is 0 Å². The molecule has 5 rings (SSSR count). The quantitative estimate of drug-likeness (QED) is 0.566. The molecule has 1 aromatic carbocycles. The van der Waals surface area contributed by atoms with E-state index in [-0.39, 0.29) is 11.7 Å². The number of pyridine rings is 1. The highest BCUT2D eigenvalue weighted by Crippen LogP contribution is 2.35. The molecule has 6 nitrogen and oxygen atoms in total. The van der Waals surface area contributed by atoms with Crippen LogP contribution in [0.25, 0.3) is 22.6 Å². The Morgan fingerprint density at radius 1 is 1.17 bits per heavy atom. The van der Waals surface area contributed by atoms with Crippen molar-refractivity contribution in [3.8, 4) is 22.6 Å². The first-order valence-corrected chi connectivity index (χ1v) is 9.82. The number of nitrogens with zero attached hydrogens (tertiary/aromatic N) is 5. The van der Waals surface area contributed by atoms with Crippen LogP contribution < -0.4 is 0 Å². The summed E-state index contributed by atoms with van der Waals surface area (Å²) in [7, 11) is 0. The maximum atomic E-state index is 14.5. The van der Waals surface area contributed by atoms with Crippen LogP contribution in [0.3, 0.4) is 0 Å². The molecular formula is C22H21FN6. The van der Waals surface area contributed by atoms with Crippen LogP contribution in [-0.4, -0.2) is 29.9 Å². The average Bonchev–Trinajstić information content (AvgIpc) is 3.37. The Balaban J connectivity index is 1.41. The molecule has 0 saturated heterocycles. The number of aromatic amines is 1. The summed E-state index contributed by atoms with van der Waals surface area (Å²) in [6, 6.07) is 9.30. The fourth-order valence-corrected chi connectivity index (χ4v) is 4.24. The zero-order valence-corrected chi connectivity index (χ0v) is 16.1. The molecule has 0 spiro atoms. The highest BCUT2D eigenvalue weighted by molar-refractivity contribution is 5.67. The lowest BCUT2D eigenvalue weighted by molar-refractivity contribution is 0.457. The molecule has 0 saturated carbocycles. The van der Waals surface area contributed by atoms with E-state index in [0.29, 0.717) is 6.54 Å². The van der Waals surface area contributed by atoms with Crippen molar-refractivity contribution in [2.45, 2.75) is 38.6 Å². The summed E-state index contributed by atoms with van der Waals surface area (Å²) in [5, 5.41) is 10.9. The Kier molecular flexibility index (Phi) is 4.42. The molecule has 3 heterocycles. The SMILES string of the molecule is Cc1n[nH]nc1-c1ccnc(-c2cn(C[C@H]3CCCc4cccc(F)c43)cn2)c1. The van der Waals surface area contributed by atoms with Crippen LogP contribution in [0, 0.1) is 12.7 Å². The fraction of sp³-hybridized carbons (Fsp3) is 0.273. The largest absolute Gasteiger partial charge is 0.336 e. The molecular weight excluding hydrogens is 367 g/mol. The minimum atomic E-state index is -0.0927. The number of aryl methyl sites for hydroxylation is 2. The number of rotatable bonds is 4. The number of imidazole rings is 1. The van der Waals surface area contributed by atoms with Gasteiger partial charge in [0.15, 0.2) is 0 Å². The molecule has 0 unspecified atom stereocenters. The molecule has 7 heteroatoms. The lowest BCUT2D eigenvalue weighted by Crippen LogP contribution is -2.16. The van der Waals surface area contributed by atoms with Crippen LogP contribution in [0.4, 0.5) is 4.39 Å². The first-order chi connectivity index (χ1) is 14.2. The third-order valence-electron chi connectivity index (χ3n) is 5.63. The molecule has 3 aromatic heterocycles. The van der Waals surface area contributed by atoms with Crippen LogP contribution >= 0.6 is 0 Å². The normalized spacial score (nSPS) is 16.0. The van der Waals surface area contributed by atoms with E-state index >= 15 is 0 Å². The summed E-state index contributed by atoms with van der Waals surface area (Å²) in [4.78, 5) is 9.00. The van der Waals surface area contributed by atoms with E-state index in [0.717, 1.165) is 58.7 Å². The molecule has 4 aromatic rings. The van der Waals surface area contributed by atoms with Gasteiger partial charge in [0.05, 0.1) is 17.7 Å². The van der Waals surface area contributed by atoms with Crippen LogP contribution in [0.15, 0.2) is 49.1 Å². The molecule has 0 amide bonds. The monoisotopic (exact) mass is 388 g/mol. The Labute approximate surface area is 167 Å². The maximum absolute atomic E-state index is 14.5. The van der Waals surface area contributed by atoms with Gasteiger partial charge in [-0.1, -0.05) is 12.1 Å². The summed E-state index contributed by atoms with van der Waals surface area (Å²) in [5.74, 6) is 0.0731. The van der Waals surface area contributed by atoms with Gasteiger partial charge in [-0.05, 0) is 55.5 Å². The van der Waals surface area contributed by atoms with Crippen LogP contribution in [0.2, 0.25) is 0 Å². The van der Waals surface area contributed by atoms with E-state index in [9.17, 15) is 4.39 Å². The van der Waals surface area contributed by atoms with Crippen molar-refractivity contribution in [2.24, 2.45) is 0 Å². The summed E-state index contributed by atoms with van der Waals surface area (Å²) in [6.07, 6.45) is 8.57. The van der Waals surface area contributed by atoms with Gasteiger partial charge < -0.3 is 4.57 Å². The van der Waals surface area contributed by atoms with Crippen LogP contribution in [0.1, 0.15) is 35.6 Å². The summed E-state index contributed by atoms with van der Waals surface area (Å²) >= 11 is 0. The van der Waals surface area contributed by atoms with Crippen molar-refractivity contribution in [3.05, 3.63) is 71.7 Å². The Bertz CT molecular complexity index is 1160. The topological polar surface area (TPSA) is 72.3 Å². The predicted molar refractivity (Wildman–Crippen MR) is 108 cm³/mol. The molecule has 0 fully saturated rings. The minimum absolute atomic E-state index is 0.0927. The predicted octanol–water partition coefficient (Wildman–Crippen LogP) is 4.30. The fourth-order valence-electron chi connectivity index (χ4n) is 4.24. The highest BCUT2D eigenvalue weighted by atomic mass is 19.1. The van der Waals surface area contributed by atoms with Crippen molar-refractivity contribution >= 4 is 0 Å². The third kappa shape index (κ3) is 3.33. The first-order valence-electron chi connectivity index (χ1n) is 9.82. The number of halogens is 1. The van der Waals surface area contributed by atoms with Gasteiger partial charge in [-0.15, -0.1) is 0 Å². The summed E-state index contributed by atoms with van der Waals surface area (Å²) in [5.41, 5.74) is 6.16. The number of hydrogen-bond acceptors (Lipinski definition) is 4. The smallest absolute Gasteiger partial charge is 0.127 e. The molecule has 146 valence electrons. The Morgan fingerprint density at radius 3 is 2.97 bits per heavy atom. The Morgan fingerprint density at radius 2 is 2.10 bits per heavy atom. The second-order valence-corrected chi connectivity index (χ2v) is 7.54. The Hall–Kier alpha value is -3.35. The molecule has 29 heavy (non-hydrogen) atoms. The molecule has 1 aliphatic rings. The summed E-state index contributed by atoms with van der Waals surface area (Å²) < 4.78 is 16.5. The van der Waals surface area contributed by atoms with Crippen LogP contribution in [-0.2, 0) is 13.0 Å². The lowest BCUT2D eigenvalue weighted by Gasteiger charge is -2.26. The van der Waals surface area contributed by atoms with Crippen molar-refractivity contribution in [1.82, 2.24) is 29.9 Å². The van der Waals surface area contributed by atoms with Gasteiger partial charge in [0.1, 0.15) is 17.2 Å². The number of hydrogen-bond donors (Lipinski definition) is 1. The van der Waals surface area contributed by atoms with Gasteiger partial charge in [0.2, 0.25) is 0 Å². The highest BCUT2D eigenvalue weighted by Gasteiger charge is 2.24. The third-order valence-corrected chi connectivity index (χ3v) is 5.63. The van der Waals surface area contributed by atoms with E-state index in [4.69, 9.17) is 0 Å². The van der Waals surface area contributed by atoms with Gasteiger partial charge in [-0.25, -0.2) is 9.37 Å². The zero-order valence-electron chi connectivity index (χ0n) is 16.1. The second kappa shape index (κ2) is 7.24. The van der Waals surface area contributed by atoms with Crippen molar-refractivity contribution in [3.63, 3.8) is 0 Å². The summed E-state index contributed by atoms with van der Waals surface area (Å²) in [6.45, 7) is 2.62. The molecule has 1 aliphatic carbocycles. The first kappa shape index (κ1) is 17.7. The van der Waals surface area contributed by atoms with Crippen molar-refractivity contribution in [2.75, 3.05) is 0 Å². The van der Waals surface area contributed by atoms with Gasteiger partial charge >= 0.3 is 0 Å². The number of nitrogens with one attached hydrogen (secondary N) is 1. The molecule has 0 bridgehead atoms. The van der Waals surface area contributed by atoms with E-state index < -0.39 is 0 Å². The van der Waals surface area contributed by atoms with Crippen molar-refractivity contribution < 1.29 is 4.39 Å². The average molecular weight is 388 g/mol. The second-order valence-electron chi connectivity index (χ2n) is 7.54. The number of H-pyrrole nitrogens is 1. The minimum Gasteiger partial charge on any atom is -0.336 e. The van der Waals surface area contributed by atoms with E-state index in [1.54, 1.807) is 24.7 Å². The van der Waals surface area contributed by atoms with Crippen molar-refractivity contribution in [1.29, 1.82) is 0 Å². The maximum Gasteiger partial charge on any atom is 0.127 e. The van der Waals surface area contributed by atoms with E-state index in [2.05, 4.69) is 25.4 Å². The van der Waals surface area contributed by atoms with Crippen LogP contribution in [0.5, 0.6) is 0 Å². The molecule has 0 aliphatic heterocycles. The zero-order chi connectivity index (χ0) is 19.8.